The Kier molecular flexibility index (Phi) is 8.86. The maximum absolute atomic E-state index is 12.3. The van der Waals surface area contributed by atoms with E-state index >= 15 is 0 Å². The monoisotopic (exact) mass is 310 g/mol. The third-order valence-corrected chi connectivity index (χ3v) is 4.42. The van der Waals surface area contributed by atoms with Gasteiger partial charge in [0.1, 0.15) is 6.10 Å². The SMILES string of the molecule is CCCCCCCC(CC)OC(=O)C1CC=CCC1C(=O)O. The Morgan fingerprint density at radius 2 is 1.73 bits per heavy atom. The predicted molar refractivity (Wildman–Crippen MR) is 86.5 cm³/mol. The molecule has 0 fully saturated rings. The van der Waals surface area contributed by atoms with E-state index in [0.29, 0.717) is 12.8 Å². The van der Waals surface area contributed by atoms with Crippen molar-refractivity contribution in [3.05, 3.63) is 12.2 Å². The van der Waals surface area contributed by atoms with Gasteiger partial charge in [0.25, 0.3) is 0 Å². The number of hydrogen-bond acceptors (Lipinski definition) is 3. The molecule has 1 aliphatic carbocycles. The Labute approximate surface area is 133 Å². The second kappa shape index (κ2) is 10.4. The van der Waals surface area contributed by atoms with Gasteiger partial charge < -0.3 is 9.84 Å². The van der Waals surface area contributed by atoms with Crippen molar-refractivity contribution in [3.8, 4) is 0 Å². The molecule has 0 saturated carbocycles. The molecule has 0 radical (unpaired) electrons. The van der Waals surface area contributed by atoms with Gasteiger partial charge in [-0.15, -0.1) is 0 Å². The van der Waals surface area contributed by atoms with E-state index in [1.807, 2.05) is 19.1 Å². The first-order valence-electron chi connectivity index (χ1n) is 8.68. The van der Waals surface area contributed by atoms with Crippen molar-refractivity contribution in [2.45, 2.75) is 77.7 Å². The molecule has 0 aromatic carbocycles. The highest BCUT2D eigenvalue weighted by Crippen LogP contribution is 2.28. The van der Waals surface area contributed by atoms with Crippen LogP contribution in [0, 0.1) is 11.8 Å². The molecule has 0 amide bonds. The van der Waals surface area contributed by atoms with Gasteiger partial charge in [0.15, 0.2) is 0 Å². The van der Waals surface area contributed by atoms with Crippen LogP contribution in [0.25, 0.3) is 0 Å². The molecule has 3 atom stereocenters. The van der Waals surface area contributed by atoms with Crippen molar-refractivity contribution >= 4 is 11.9 Å². The van der Waals surface area contributed by atoms with Crippen LogP contribution in [0.15, 0.2) is 12.2 Å². The van der Waals surface area contributed by atoms with Crippen LogP contribution in [0.1, 0.15) is 71.6 Å². The average molecular weight is 310 g/mol. The lowest BCUT2D eigenvalue weighted by molar-refractivity contribution is -0.162. The topological polar surface area (TPSA) is 63.6 Å². The summed E-state index contributed by atoms with van der Waals surface area (Å²) in [5.41, 5.74) is 0. The van der Waals surface area contributed by atoms with Gasteiger partial charge in [-0.3, -0.25) is 9.59 Å². The molecule has 0 spiro atoms. The Bertz CT molecular complexity index is 375. The summed E-state index contributed by atoms with van der Waals surface area (Å²) in [6, 6.07) is 0. The number of carboxylic acids is 1. The van der Waals surface area contributed by atoms with Crippen molar-refractivity contribution in [2.24, 2.45) is 11.8 Å². The fraction of sp³-hybridized carbons (Fsp3) is 0.778. The number of aliphatic carboxylic acids is 1. The number of allylic oxidation sites excluding steroid dienone is 2. The first-order chi connectivity index (χ1) is 10.6. The molecule has 0 saturated heterocycles. The Morgan fingerprint density at radius 3 is 2.32 bits per heavy atom. The van der Waals surface area contributed by atoms with E-state index in [4.69, 9.17) is 4.74 Å². The molecule has 0 bridgehead atoms. The number of rotatable bonds is 10. The van der Waals surface area contributed by atoms with Crippen LogP contribution >= 0.6 is 0 Å². The summed E-state index contributed by atoms with van der Waals surface area (Å²) in [6.45, 7) is 4.20. The first-order valence-corrected chi connectivity index (χ1v) is 8.68. The van der Waals surface area contributed by atoms with E-state index in [1.54, 1.807) is 0 Å². The van der Waals surface area contributed by atoms with E-state index in [-0.39, 0.29) is 12.1 Å². The van der Waals surface area contributed by atoms with Crippen molar-refractivity contribution in [3.63, 3.8) is 0 Å². The molecule has 3 unspecified atom stereocenters. The van der Waals surface area contributed by atoms with Crippen LogP contribution in [-0.2, 0) is 14.3 Å². The Balaban J connectivity index is 2.42. The lowest BCUT2D eigenvalue weighted by Crippen LogP contribution is -2.34. The van der Waals surface area contributed by atoms with Gasteiger partial charge in [-0.05, 0) is 32.1 Å². The summed E-state index contributed by atoms with van der Waals surface area (Å²) < 4.78 is 5.59. The molecule has 0 aliphatic heterocycles. The van der Waals surface area contributed by atoms with Gasteiger partial charge in [0, 0.05) is 0 Å². The molecule has 1 N–H and O–H groups in total. The van der Waals surface area contributed by atoms with Crippen molar-refractivity contribution < 1.29 is 19.4 Å². The summed E-state index contributed by atoms with van der Waals surface area (Å²) in [5.74, 6) is -2.41. The van der Waals surface area contributed by atoms with Gasteiger partial charge in [-0.2, -0.15) is 0 Å². The summed E-state index contributed by atoms with van der Waals surface area (Å²) in [7, 11) is 0. The van der Waals surface area contributed by atoms with Gasteiger partial charge in [-0.1, -0.05) is 51.7 Å². The van der Waals surface area contributed by atoms with Gasteiger partial charge in [0.2, 0.25) is 0 Å². The van der Waals surface area contributed by atoms with E-state index in [2.05, 4.69) is 6.92 Å². The molecule has 0 heterocycles. The smallest absolute Gasteiger partial charge is 0.310 e. The van der Waals surface area contributed by atoms with Gasteiger partial charge >= 0.3 is 11.9 Å². The lowest BCUT2D eigenvalue weighted by atomic mass is 9.83. The van der Waals surface area contributed by atoms with E-state index in [1.165, 1.54) is 25.7 Å². The molecule has 4 nitrogen and oxygen atoms in total. The normalized spacial score (nSPS) is 22.3. The van der Waals surface area contributed by atoms with Crippen molar-refractivity contribution in [2.75, 3.05) is 0 Å². The Morgan fingerprint density at radius 1 is 1.09 bits per heavy atom. The quantitative estimate of drug-likeness (QED) is 0.370. The first kappa shape index (κ1) is 18.7. The molecule has 1 aliphatic rings. The number of carbonyl (C=O) groups is 2. The van der Waals surface area contributed by atoms with Crippen LogP contribution in [0.3, 0.4) is 0 Å². The fourth-order valence-electron chi connectivity index (χ4n) is 2.92. The summed E-state index contributed by atoms with van der Waals surface area (Å²) in [4.78, 5) is 23.6. The highest BCUT2D eigenvalue weighted by Gasteiger charge is 2.35. The number of carboxylic acid groups (broad SMARTS) is 1. The van der Waals surface area contributed by atoms with Crippen LogP contribution in [-0.4, -0.2) is 23.1 Å². The molecule has 0 aromatic rings. The highest BCUT2D eigenvalue weighted by atomic mass is 16.5. The maximum atomic E-state index is 12.3. The minimum atomic E-state index is -0.904. The molecular weight excluding hydrogens is 280 g/mol. The number of hydrogen-bond donors (Lipinski definition) is 1. The summed E-state index contributed by atoms with van der Waals surface area (Å²) >= 11 is 0. The van der Waals surface area contributed by atoms with E-state index < -0.39 is 17.8 Å². The molecule has 22 heavy (non-hydrogen) atoms. The zero-order chi connectivity index (χ0) is 16.4. The zero-order valence-corrected chi connectivity index (χ0v) is 13.9. The van der Waals surface area contributed by atoms with Crippen LogP contribution < -0.4 is 0 Å². The van der Waals surface area contributed by atoms with Crippen LogP contribution in [0.2, 0.25) is 0 Å². The lowest BCUT2D eigenvalue weighted by Gasteiger charge is -2.26. The van der Waals surface area contributed by atoms with E-state index in [9.17, 15) is 14.7 Å². The molecule has 0 aromatic heterocycles. The molecular formula is C18H30O4. The Hall–Kier alpha value is -1.32. The van der Waals surface area contributed by atoms with Gasteiger partial charge in [0.05, 0.1) is 11.8 Å². The minimum absolute atomic E-state index is 0.0746. The average Bonchev–Trinajstić information content (AvgIpc) is 2.53. The summed E-state index contributed by atoms with van der Waals surface area (Å²) in [5, 5.41) is 9.23. The third kappa shape index (κ3) is 6.20. The minimum Gasteiger partial charge on any atom is -0.481 e. The third-order valence-electron chi connectivity index (χ3n) is 4.42. The van der Waals surface area contributed by atoms with Crippen LogP contribution in [0.4, 0.5) is 0 Å². The second-order valence-electron chi connectivity index (χ2n) is 6.16. The maximum Gasteiger partial charge on any atom is 0.310 e. The second-order valence-corrected chi connectivity index (χ2v) is 6.16. The highest BCUT2D eigenvalue weighted by molar-refractivity contribution is 5.81. The summed E-state index contributed by atoms with van der Waals surface area (Å²) in [6.07, 6.45) is 12.2. The number of ether oxygens (including phenoxy) is 1. The molecule has 4 heteroatoms. The fourth-order valence-corrected chi connectivity index (χ4v) is 2.92. The predicted octanol–water partition coefficient (Wildman–Crippen LogP) is 4.34. The van der Waals surface area contributed by atoms with Gasteiger partial charge in [-0.25, -0.2) is 0 Å². The number of unbranched alkanes of at least 4 members (excludes halogenated alkanes) is 4. The standard InChI is InChI=1S/C18H30O4/c1-3-5-6-7-8-11-14(4-2)22-18(21)16-13-10-9-12-15(16)17(19)20/h9-10,14-16H,3-8,11-13H2,1-2H3,(H,19,20). The molecule has 126 valence electrons. The number of esters is 1. The largest absolute Gasteiger partial charge is 0.481 e. The molecule has 1 rings (SSSR count). The van der Waals surface area contributed by atoms with Crippen molar-refractivity contribution in [1.29, 1.82) is 0 Å². The number of carbonyl (C=O) groups excluding carboxylic acids is 1. The van der Waals surface area contributed by atoms with Crippen LogP contribution in [0.5, 0.6) is 0 Å². The zero-order valence-electron chi connectivity index (χ0n) is 13.9. The van der Waals surface area contributed by atoms with Crippen molar-refractivity contribution in [1.82, 2.24) is 0 Å². The van der Waals surface area contributed by atoms with E-state index in [0.717, 1.165) is 19.3 Å².